The van der Waals surface area contributed by atoms with Crippen LogP contribution in [0.1, 0.15) is 37.7 Å². The van der Waals surface area contributed by atoms with Gasteiger partial charge in [0.15, 0.2) is 11.6 Å². The van der Waals surface area contributed by atoms with Crippen LogP contribution in [0.5, 0.6) is 0 Å². The Labute approximate surface area is 123 Å². The highest BCUT2D eigenvalue weighted by atomic mass is 19.2. The van der Waals surface area contributed by atoms with Crippen molar-refractivity contribution < 1.29 is 18.7 Å². The summed E-state index contributed by atoms with van der Waals surface area (Å²) in [5.41, 5.74) is 0.218. The molecule has 1 saturated carbocycles. The predicted molar refractivity (Wildman–Crippen MR) is 75.7 cm³/mol. The largest absolute Gasteiger partial charge is 0.396 e. The van der Waals surface area contributed by atoms with E-state index in [0.29, 0.717) is 12.1 Å². The van der Waals surface area contributed by atoms with Gasteiger partial charge >= 0.3 is 0 Å². The number of rotatable bonds is 5. The van der Waals surface area contributed by atoms with Crippen LogP contribution in [0.4, 0.5) is 8.78 Å². The molecule has 5 heteroatoms. The number of carbonyl (C=O) groups is 1. The third-order valence-electron chi connectivity index (χ3n) is 4.26. The Bertz CT molecular complexity index is 499. The number of hydrogen-bond donors (Lipinski definition) is 2. The number of carbonyl (C=O) groups excluding carboxylic acids is 1. The molecule has 1 aliphatic rings. The van der Waals surface area contributed by atoms with Crippen molar-refractivity contribution in [3.63, 3.8) is 0 Å². The average Bonchev–Trinajstić information content (AvgIpc) is 2.50. The molecule has 0 aromatic heterocycles. The summed E-state index contributed by atoms with van der Waals surface area (Å²) < 4.78 is 25.9. The Morgan fingerprint density at radius 1 is 1.19 bits per heavy atom. The maximum absolute atomic E-state index is 13.1. The molecule has 0 aliphatic heterocycles. The van der Waals surface area contributed by atoms with Gasteiger partial charge in [0, 0.05) is 12.0 Å². The summed E-state index contributed by atoms with van der Waals surface area (Å²) in [6, 6.07) is 3.46. The normalized spacial score (nSPS) is 17.5. The third-order valence-corrected chi connectivity index (χ3v) is 4.26. The summed E-state index contributed by atoms with van der Waals surface area (Å²) in [7, 11) is 0. The van der Waals surface area contributed by atoms with Gasteiger partial charge in [0.1, 0.15) is 0 Å². The molecule has 0 saturated heterocycles. The molecule has 0 spiro atoms. The minimum atomic E-state index is -0.945. The SMILES string of the molecule is O=C(Cc1ccc(F)c(F)c1)NCC1(CO)CCCCC1. The van der Waals surface area contributed by atoms with E-state index in [9.17, 15) is 18.7 Å². The molecular formula is C16H21F2NO2. The lowest BCUT2D eigenvalue weighted by molar-refractivity contribution is -0.121. The molecule has 0 unspecified atom stereocenters. The smallest absolute Gasteiger partial charge is 0.224 e. The van der Waals surface area contributed by atoms with Crippen LogP contribution in [0.3, 0.4) is 0 Å². The van der Waals surface area contributed by atoms with Crippen LogP contribution in [0.15, 0.2) is 18.2 Å². The van der Waals surface area contributed by atoms with Crippen molar-refractivity contribution in [3.8, 4) is 0 Å². The van der Waals surface area contributed by atoms with Crippen LogP contribution in [0.25, 0.3) is 0 Å². The second-order valence-electron chi connectivity index (χ2n) is 5.92. The first-order valence-corrected chi connectivity index (χ1v) is 7.36. The standard InChI is InChI=1S/C16H21F2NO2/c17-13-5-4-12(8-14(13)18)9-15(21)19-10-16(11-20)6-2-1-3-7-16/h4-5,8,20H,1-3,6-7,9-11H2,(H,19,21). The zero-order valence-corrected chi connectivity index (χ0v) is 12.0. The Morgan fingerprint density at radius 3 is 2.52 bits per heavy atom. The predicted octanol–water partition coefficient (Wildman–Crippen LogP) is 2.57. The summed E-state index contributed by atoms with van der Waals surface area (Å²) in [6.07, 6.45) is 5.15. The van der Waals surface area contributed by atoms with E-state index in [0.717, 1.165) is 37.8 Å². The highest BCUT2D eigenvalue weighted by molar-refractivity contribution is 5.78. The summed E-state index contributed by atoms with van der Waals surface area (Å²) in [5, 5.41) is 12.4. The molecule has 0 bridgehead atoms. The highest BCUT2D eigenvalue weighted by Gasteiger charge is 2.31. The minimum absolute atomic E-state index is 0.0126. The Balaban J connectivity index is 1.87. The number of halogens is 2. The quantitative estimate of drug-likeness (QED) is 0.877. The first kappa shape index (κ1) is 15.9. The zero-order valence-electron chi connectivity index (χ0n) is 12.0. The molecule has 1 amide bonds. The number of nitrogens with one attached hydrogen (secondary N) is 1. The number of amides is 1. The van der Waals surface area contributed by atoms with Crippen molar-refractivity contribution in [1.82, 2.24) is 5.32 Å². The fraction of sp³-hybridized carbons (Fsp3) is 0.562. The molecule has 0 atom stereocenters. The van der Waals surface area contributed by atoms with Gasteiger partial charge < -0.3 is 10.4 Å². The molecule has 2 rings (SSSR count). The molecule has 0 heterocycles. The third kappa shape index (κ3) is 4.24. The average molecular weight is 297 g/mol. The molecular weight excluding hydrogens is 276 g/mol. The lowest BCUT2D eigenvalue weighted by atomic mass is 9.74. The van der Waals surface area contributed by atoms with Crippen LogP contribution in [-0.2, 0) is 11.2 Å². The second kappa shape index (κ2) is 6.98. The molecule has 1 aliphatic carbocycles. The van der Waals surface area contributed by atoms with Gasteiger partial charge in [-0.3, -0.25) is 4.79 Å². The highest BCUT2D eigenvalue weighted by Crippen LogP contribution is 2.35. The minimum Gasteiger partial charge on any atom is -0.396 e. The van der Waals surface area contributed by atoms with Crippen molar-refractivity contribution >= 4 is 5.91 Å². The van der Waals surface area contributed by atoms with Crippen molar-refractivity contribution in [3.05, 3.63) is 35.4 Å². The zero-order chi connectivity index (χ0) is 15.3. The first-order valence-electron chi connectivity index (χ1n) is 7.36. The van der Waals surface area contributed by atoms with E-state index < -0.39 is 11.6 Å². The second-order valence-corrected chi connectivity index (χ2v) is 5.92. The molecule has 1 aromatic carbocycles. The van der Waals surface area contributed by atoms with E-state index >= 15 is 0 Å². The van der Waals surface area contributed by atoms with Crippen molar-refractivity contribution in [2.45, 2.75) is 38.5 Å². The van der Waals surface area contributed by atoms with Gasteiger partial charge in [-0.2, -0.15) is 0 Å². The van der Waals surface area contributed by atoms with Crippen LogP contribution in [0.2, 0.25) is 0 Å². The monoisotopic (exact) mass is 297 g/mol. The molecule has 2 N–H and O–H groups in total. The molecule has 1 fully saturated rings. The Hall–Kier alpha value is -1.49. The lowest BCUT2D eigenvalue weighted by Gasteiger charge is -2.35. The summed E-state index contributed by atoms with van der Waals surface area (Å²) >= 11 is 0. The van der Waals surface area contributed by atoms with Crippen LogP contribution in [-0.4, -0.2) is 24.2 Å². The summed E-state index contributed by atoms with van der Waals surface area (Å²) in [4.78, 5) is 11.9. The van der Waals surface area contributed by atoms with E-state index in [1.807, 2.05) is 0 Å². The lowest BCUT2D eigenvalue weighted by Crippen LogP contribution is -2.41. The van der Waals surface area contributed by atoms with Gasteiger partial charge in [-0.1, -0.05) is 25.3 Å². The number of aliphatic hydroxyl groups is 1. The fourth-order valence-electron chi connectivity index (χ4n) is 2.88. The molecule has 21 heavy (non-hydrogen) atoms. The summed E-state index contributed by atoms with van der Waals surface area (Å²) in [6.45, 7) is 0.504. The van der Waals surface area contributed by atoms with E-state index in [4.69, 9.17) is 0 Å². The maximum Gasteiger partial charge on any atom is 0.224 e. The fourth-order valence-corrected chi connectivity index (χ4v) is 2.88. The number of hydrogen-bond acceptors (Lipinski definition) is 2. The van der Waals surface area contributed by atoms with Gasteiger partial charge in [0.05, 0.1) is 13.0 Å². The van der Waals surface area contributed by atoms with Crippen molar-refractivity contribution in [1.29, 1.82) is 0 Å². The Morgan fingerprint density at radius 2 is 1.90 bits per heavy atom. The maximum atomic E-state index is 13.1. The molecule has 3 nitrogen and oxygen atoms in total. The van der Waals surface area contributed by atoms with Gasteiger partial charge in [-0.05, 0) is 30.5 Å². The molecule has 116 valence electrons. The van der Waals surface area contributed by atoms with Crippen LogP contribution >= 0.6 is 0 Å². The van der Waals surface area contributed by atoms with Gasteiger partial charge in [-0.15, -0.1) is 0 Å². The van der Waals surface area contributed by atoms with E-state index in [1.54, 1.807) is 0 Å². The topological polar surface area (TPSA) is 49.3 Å². The van der Waals surface area contributed by atoms with Crippen LogP contribution < -0.4 is 5.32 Å². The number of benzene rings is 1. The van der Waals surface area contributed by atoms with E-state index in [1.165, 1.54) is 12.5 Å². The summed E-state index contributed by atoms with van der Waals surface area (Å²) in [5.74, 6) is -2.10. The van der Waals surface area contributed by atoms with Crippen molar-refractivity contribution in [2.24, 2.45) is 5.41 Å². The Kier molecular flexibility index (Phi) is 5.28. The number of aliphatic hydroxyl groups excluding tert-OH is 1. The first-order chi connectivity index (χ1) is 10.0. The molecule has 1 aromatic rings. The van der Waals surface area contributed by atoms with Gasteiger partial charge in [0.2, 0.25) is 5.91 Å². The van der Waals surface area contributed by atoms with E-state index in [2.05, 4.69) is 5.32 Å². The van der Waals surface area contributed by atoms with Crippen LogP contribution in [0, 0.1) is 17.0 Å². The van der Waals surface area contributed by atoms with Gasteiger partial charge in [0.25, 0.3) is 0 Å². The van der Waals surface area contributed by atoms with Gasteiger partial charge in [-0.25, -0.2) is 8.78 Å². The van der Waals surface area contributed by atoms with E-state index in [-0.39, 0.29) is 24.3 Å². The molecule has 0 radical (unpaired) electrons. The van der Waals surface area contributed by atoms with Crippen molar-refractivity contribution in [2.75, 3.05) is 13.2 Å².